The van der Waals surface area contributed by atoms with E-state index < -0.39 is 0 Å². The van der Waals surface area contributed by atoms with Gasteiger partial charge in [0.05, 0.1) is 0 Å². The highest BCUT2D eigenvalue weighted by Gasteiger charge is 2.13. The molecular weight excluding hydrogens is 236 g/mol. The zero-order chi connectivity index (χ0) is 9.26. The van der Waals surface area contributed by atoms with Gasteiger partial charge in [-0.15, -0.1) is 0 Å². The highest BCUT2D eigenvalue weighted by Crippen LogP contribution is 2.34. The van der Waals surface area contributed by atoms with Crippen molar-refractivity contribution in [3.63, 3.8) is 0 Å². The maximum Gasteiger partial charge on any atom is 0.162 e. The predicted molar refractivity (Wildman–Crippen MR) is 50.5 cm³/mol. The number of benzene rings is 1. The van der Waals surface area contributed by atoms with Crippen molar-refractivity contribution in [2.24, 2.45) is 0 Å². The molecule has 0 amide bonds. The molecule has 1 aliphatic rings. The molecule has 0 saturated heterocycles. The summed E-state index contributed by atoms with van der Waals surface area (Å²) in [5.74, 6) is 1.32. The van der Waals surface area contributed by atoms with Crippen LogP contribution in [-0.4, -0.2) is 19.5 Å². The van der Waals surface area contributed by atoms with Gasteiger partial charge in [0, 0.05) is 10.0 Å². The Morgan fingerprint density at radius 2 is 1.85 bits per heavy atom. The molecule has 0 spiro atoms. The van der Waals surface area contributed by atoms with E-state index in [9.17, 15) is 4.79 Å². The number of hydrogen-bond acceptors (Lipinski definition) is 3. The Morgan fingerprint density at radius 1 is 1.23 bits per heavy atom. The molecule has 1 aliphatic heterocycles. The minimum Gasteiger partial charge on any atom is -0.486 e. The van der Waals surface area contributed by atoms with E-state index in [2.05, 4.69) is 15.9 Å². The van der Waals surface area contributed by atoms with Gasteiger partial charge in [-0.05, 0) is 28.1 Å². The minimum atomic E-state index is 0.535. The molecular formula is C9H7BrO3. The molecule has 4 heteroatoms. The fourth-order valence-corrected chi connectivity index (χ4v) is 1.59. The number of halogens is 1. The van der Waals surface area contributed by atoms with Crippen molar-refractivity contribution in [1.29, 1.82) is 0 Å². The second-order valence-electron chi connectivity index (χ2n) is 2.64. The lowest BCUT2D eigenvalue weighted by Crippen LogP contribution is -2.15. The Balaban J connectivity index is 2.50. The summed E-state index contributed by atoms with van der Waals surface area (Å²) < 4.78 is 11.4. The monoisotopic (exact) mass is 242 g/mol. The zero-order valence-electron chi connectivity index (χ0n) is 6.75. The van der Waals surface area contributed by atoms with E-state index in [4.69, 9.17) is 9.47 Å². The third kappa shape index (κ3) is 1.54. The van der Waals surface area contributed by atoms with Gasteiger partial charge in [0.15, 0.2) is 17.8 Å². The average Bonchev–Trinajstić information content (AvgIpc) is 2.17. The average molecular weight is 243 g/mol. The number of fused-ring (bicyclic) bond motifs is 1. The van der Waals surface area contributed by atoms with Crippen molar-refractivity contribution >= 4 is 22.2 Å². The summed E-state index contributed by atoms with van der Waals surface area (Å²) in [5.41, 5.74) is 0.573. The molecule has 1 heterocycles. The maximum absolute atomic E-state index is 10.6. The molecule has 0 aliphatic carbocycles. The first-order valence-electron chi connectivity index (χ1n) is 3.85. The summed E-state index contributed by atoms with van der Waals surface area (Å²) in [6.07, 6.45) is 0.780. The van der Waals surface area contributed by atoms with Crippen LogP contribution in [0.5, 0.6) is 11.5 Å². The maximum atomic E-state index is 10.6. The van der Waals surface area contributed by atoms with Crippen LogP contribution in [0.1, 0.15) is 10.4 Å². The molecule has 0 bridgehead atoms. The molecule has 0 atom stereocenters. The van der Waals surface area contributed by atoms with Gasteiger partial charge in [0.1, 0.15) is 13.2 Å². The Hall–Kier alpha value is -1.03. The van der Waals surface area contributed by atoms with E-state index in [-0.39, 0.29) is 0 Å². The highest BCUT2D eigenvalue weighted by atomic mass is 79.9. The molecule has 3 nitrogen and oxygen atoms in total. The van der Waals surface area contributed by atoms with Gasteiger partial charge in [-0.25, -0.2) is 0 Å². The summed E-state index contributed by atoms with van der Waals surface area (Å²) in [7, 11) is 0. The van der Waals surface area contributed by atoms with E-state index in [1.807, 2.05) is 0 Å². The van der Waals surface area contributed by atoms with Crippen molar-refractivity contribution in [2.45, 2.75) is 0 Å². The molecule has 0 N–H and O–H groups in total. The Morgan fingerprint density at radius 3 is 2.46 bits per heavy atom. The quantitative estimate of drug-likeness (QED) is 0.708. The molecule has 2 rings (SSSR count). The summed E-state index contributed by atoms with van der Waals surface area (Å²) in [4.78, 5) is 10.6. The van der Waals surface area contributed by atoms with Gasteiger partial charge >= 0.3 is 0 Å². The van der Waals surface area contributed by atoms with Crippen LogP contribution in [-0.2, 0) is 0 Å². The van der Waals surface area contributed by atoms with Crippen LogP contribution in [0.4, 0.5) is 0 Å². The Kier molecular flexibility index (Phi) is 2.22. The van der Waals surface area contributed by atoms with Crippen LogP contribution in [0, 0.1) is 0 Å². The minimum absolute atomic E-state index is 0.535. The number of rotatable bonds is 1. The van der Waals surface area contributed by atoms with Gasteiger partial charge in [-0.3, -0.25) is 4.79 Å². The first kappa shape index (κ1) is 8.56. The van der Waals surface area contributed by atoms with E-state index in [1.54, 1.807) is 12.1 Å². The van der Waals surface area contributed by atoms with Crippen molar-refractivity contribution in [3.8, 4) is 11.5 Å². The van der Waals surface area contributed by atoms with Gasteiger partial charge in [-0.1, -0.05) is 0 Å². The smallest absolute Gasteiger partial charge is 0.162 e. The van der Waals surface area contributed by atoms with Crippen molar-refractivity contribution in [1.82, 2.24) is 0 Å². The lowest BCUT2D eigenvalue weighted by Gasteiger charge is -2.18. The van der Waals surface area contributed by atoms with Crippen LogP contribution in [0.2, 0.25) is 0 Å². The largest absolute Gasteiger partial charge is 0.486 e. The SMILES string of the molecule is O=Cc1cc2c(cc1Br)OCCO2. The Labute approximate surface area is 83.8 Å². The van der Waals surface area contributed by atoms with E-state index in [1.165, 1.54) is 0 Å². The number of carbonyl (C=O) groups excluding carboxylic acids is 1. The summed E-state index contributed by atoms with van der Waals surface area (Å²) in [5, 5.41) is 0. The first-order valence-corrected chi connectivity index (χ1v) is 4.65. The van der Waals surface area contributed by atoms with Gasteiger partial charge in [-0.2, -0.15) is 0 Å². The molecule has 0 aromatic heterocycles. The van der Waals surface area contributed by atoms with Crippen molar-refractivity contribution in [2.75, 3.05) is 13.2 Å². The van der Waals surface area contributed by atoms with Gasteiger partial charge in [0.2, 0.25) is 0 Å². The van der Waals surface area contributed by atoms with E-state index >= 15 is 0 Å². The molecule has 1 aromatic rings. The zero-order valence-corrected chi connectivity index (χ0v) is 8.33. The van der Waals surface area contributed by atoms with E-state index in [0.29, 0.717) is 30.3 Å². The Bertz CT molecular complexity index is 349. The summed E-state index contributed by atoms with van der Waals surface area (Å²) in [6.45, 7) is 1.09. The molecule has 0 fully saturated rings. The molecule has 13 heavy (non-hydrogen) atoms. The molecule has 68 valence electrons. The standard InChI is InChI=1S/C9H7BrO3/c10-7-4-9-8(3-6(7)5-11)12-1-2-13-9/h3-5H,1-2H2. The summed E-state index contributed by atoms with van der Waals surface area (Å²) in [6, 6.07) is 3.42. The van der Waals surface area contributed by atoms with Crippen LogP contribution in [0.3, 0.4) is 0 Å². The van der Waals surface area contributed by atoms with Crippen molar-refractivity contribution < 1.29 is 14.3 Å². The lowest BCUT2D eigenvalue weighted by molar-refractivity contribution is 0.112. The number of aldehydes is 1. The van der Waals surface area contributed by atoms with Crippen molar-refractivity contribution in [3.05, 3.63) is 22.2 Å². The third-order valence-electron chi connectivity index (χ3n) is 1.79. The molecule has 0 unspecified atom stereocenters. The van der Waals surface area contributed by atoms with Gasteiger partial charge < -0.3 is 9.47 Å². The molecule has 0 saturated carbocycles. The molecule has 0 radical (unpaired) electrons. The summed E-state index contributed by atoms with van der Waals surface area (Å²) >= 11 is 3.27. The number of ether oxygens (including phenoxy) is 2. The van der Waals surface area contributed by atoms with Crippen LogP contribution in [0.15, 0.2) is 16.6 Å². The number of carbonyl (C=O) groups is 1. The highest BCUT2D eigenvalue weighted by molar-refractivity contribution is 9.10. The second kappa shape index (κ2) is 3.38. The fraction of sp³-hybridized carbons (Fsp3) is 0.222. The first-order chi connectivity index (χ1) is 6.31. The normalized spacial score (nSPS) is 13.9. The van der Waals surface area contributed by atoms with Crippen LogP contribution >= 0.6 is 15.9 Å². The predicted octanol–water partition coefficient (Wildman–Crippen LogP) is 2.03. The van der Waals surface area contributed by atoms with Gasteiger partial charge in [0.25, 0.3) is 0 Å². The number of hydrogen-bond donors (Lipinski definition) is 0. The lowest BCUT2D eigenvalue weighted by atomic mass is 10.2. The van der Waals surface area contributed by atoms with Crippen LogP contribution in [0.25, 0.3) is 0 Å². The van der Waals surface area contributed by atoms with E-state index in [0.717, 1.165) is 10.8 Å². The third-order valence-corrected chi connectivity index (χ3v) is 2.48. The molecule has 1 aromatic carbocycles. The fourth-order valence-electron chi connectivity index (χ4n) is 1.17. The van der Waals surface area contributed by atoms with Crippen LogP contribution < -0.4 is 9.47 Å². The topological polar surface area (TPSA) is 35.5 Å². The second-order valence-corrected chi connectivity index (χ2v) is 3.49.